The zero-order valence-electron chi connectivity index (χ0n) is 32.0. The highest BCUT2D eigenvalue weighted by molar-refractivity contribution is 7.17. The Morgan fingerprint density at radius 1 is 0.839 bits per heavy atom. The lowest BCUT2D eigenvalue weighted by atomic mass is 9.95. The van der Waals surface area contributed by atoms with E-state index >= 15 is 8.78 Å². The zero-order chi connectivity index (χ0) is 39.5. The average Bonchev–Trinajstić information content (AvgIpc) is 3.67. The number of halogens is 2. The van der Waals surface area contributed by atoms with Crippen LogP contribution in [0.25, 0.3) is 0 Å². The van der Waals surface area contributed by atoms with Crippen molar-refractivity contribution in [2.75, 3.05) is 51.5 Å². The summed E-state index contributed by atoms with van der Waals surface area (Å²) >= 11 is 1.38. The van der Waals surface area contributed by atoms with E-state index < -0.39 is 23.5 Å². The molecule has 2 saturated heterocycles. The summed E-state index contributed by atoms with van der Waals surface area (Å²) in [5.41, 5.74) is 3.69. The summed E-state index contributed by atoms with van der Waals surface area (Å²) in [6.45, 7) is 2.64. The lowest BCUT2D eigenvalue weighted by Crippen LogP contribution is -2.56. The molecule has 56 heavy (non-hydrogen) atoms. The second kappa shape index (κ2) is 17.0. The number of benzene rings is 3. The minimum atomic E-state index is -0.778. The fourth-order valence-corrected chi connectivity index (χ4v) is 9.60. The van der Waals surface area contributed by atoms with Crippen molar-refractivity contribution in [3.8, 4) is 0 Å². The van der Waals surface area contributed by atoms with Gasteiger partial charge in [-0.05, 0) is 119 Å². The van der Waals surface area contributed by atoms with E-state index in [0.29, 0.717) is 47.6 Å². The van der Waals surface area contributed by atoms with E-state index in [1.165, 1.54) is 18.4 Å². The van der Waals surface area contributed by atoms with Gasteiger partial charge in [-0.15, -0.1) is 11.3 Å². The maximum absolute atomic E-state index is 15.3. The molecule has 13 heteroatoms. The van der Waals surface area contributed by atoms with Crippen LogP contribution >= 0.6 is 11.3 Å². The minimum absolute atomic E-state index is 0.0201. The summed E-state index contributed by atoms with van der Waals surface area (Å²) in [6, 6.07) is 16.7. The minimum Gasteiger partial charge on any atom is -0.465 e. The van der Waals surface area contributed by atoms with Gasteiger partial charge in [0.2, 0.25) is 5.91 Å². The first-order valence-electron chi connectivity index (χ1n) is 19.2. The van der Waals surface area contributed by atoms with Crippen molar-refractivity contribution < 1.29 is 32.7 Å². The molecule has 3 amide bonds. The number of carbonyl (C=O) groups excluding carboxylic acids is 4. The molecule has 1 aliphatic carbocycles. The number of methoxy groups -OCH3 is 1. The van der Waals surface area contributed by atoms with E-state index in [9.17, 15) is 19.2 Å². The van der Waals surface area contributed by atoms with Crippen LogP contribution in [0.15, 0.2) is 60.7 Å². The second-order valence-corrected chi connectivity index (χ2v) is 16.4. The van der Waals surface area contributed by atoms with Crippen molar-refractivity contribution in [1.29, 1.82) is 0 Å². The van der Waals surface area contributed by atoms with Gasteiger partial charge in [0.25, 0.3) is 11.8 Å². The van der Waals surface area contributed by atoms with E-state index in [-0.39, 0.29) is 41.6 Å². The van der Waals surface area contributed by atoms with E-state index in [1.54, 1.807) is 30.3 Å². The Balaban J connectivity index is 1.02. The molecule has 294 valence electrons. The number of likely N-dealkylation sites (N-methyl/N-ethyl adjacent to an activating group) is 1. The van der Waals surface area contributed by atoms with E-state index in [0.717, 1.165) is 78.9 Å². The molecular formula is C43H47F2N5O5S. The number of hydrogen-bond donors (Lipinski definition) is 2. The highest BCUT2D eigenvalue weighted by Gasteiger charge is 2.42. The Labute approximate surface area is 329 Å². The molecule has 2 unspecified atom stereocenters. The molecule has 2 atom stereocenters. The molecule has 7 rings (SSSR count). The molecular weight excluding hydrogens is 737 g/mol. The first kappa shape index (κ1) is 39.3. The van der Waals surface area contributed by atoms with Gasteiger partial charge in [0.1, 0.15) is 16.6 Å². The van der Waals surface area contributed by atoms with Crippen LogP contribution in [0.4, 0.5) is 19.5 Å². The van der Waals surface area contributed by atoms with Crippen LogP contribution in [0.3, 0.4) is 0 Å². The summed E-state index contributed by atoms with van der Waals surface area (Å²) in [5, 5.41) is 6.11. The third kappa shape index (κ3) is 8.69. The lowest BCUT2D eigenvalue weighted by Gasteiger charge is -2.41. The number of rotatable bonds is 12. The topological polar surface area (TPSA) is 111 Å². The molecule has 0 saturated carbocycles. The molecule has 0 spiro atoms. The number of fused-ring (bicyclic) bond motifs is 3. The third-order valence-electron chi connectivity index (χ3n) is 11.0. The van der Waals surface area contributed by atoms with E-state index in [2.05, 4.69) is 20.4 Å². The van der Waals surface area contributed by atoms with Crippen LogP contribution in [0.5, 0.6) is 0 Å². The Morgan fingerprint density at radius 3 is 2.21 bits per heavy atom. The Kier molecular flexibility index (Phi) is 11.9. The number of nitrogens with one attached hydrogen (secondary N) is 2. The maximum atomic E-state index is 15.3. The normalized spacial score (nSPS) is 17.8. The Morgan fingerprint density at radius 2 is 1.54 bits per heavy atom. The second-order valence-electron chi connectivity index (χ2n) is 15.2. The predicted molar refractivity (Wildman–Crippen MR) is 212 cm³/mol. The lowest BCUT2D eigenvalue weighted by molar-refractivity contribution is -0.137. The number of aryl methyl sites for hydroxylation is 2. The highest BCUT2D eigenvalue weighted by Crippen LogP contribution is 2.39. The van der Waals surface area contributed by atoms with Crippen LogP contribution in [0, 0.1) is 11.6 Å². The Hall–Kier alpha value is -4.98. The van der Waals surface area contributed by atoms with Gasteiger partial charge in [-0.2, -0.15) is 0 Å². The fourth-order valence-electron chi connectivity index (χ4n) is 8.32. The molecule has 3 aliphatic rings. The number of hydrogen-bond acceptors (Lipinski definition) is 8. The van der Waals surface area contributed by atoms with Gasteiger partial charge in [0.05, 0.1) is 24.8 Å². The van der Waals surface area contributed by atoms with E-state index in [4.69, 9.17) is 4.74 Å². The van der Waals surface area contributed by atoms with Crippen LogP contribution in [-0.4, -0.2) is 91.3 Å². The fraction of sp³-hybridized carbons (Fsp3) is 0.395. The number of nitrogens with zero attached hydrogens (tertiary/aromatic N) is 3. The van der Waals surface area contributed by atoms with Gasteiger partial charge in [-0.25, -0.2) is 13.6 Å². The molecule has 0 radical (unpaired) electrons. The first-order valence-corrected chi connectivity index (χ1v) is 20.0. The largest absolute Gasteiger partial charge is 0.465 e. The number of amides is 3. The predicted octanol–water partition coefficient (Wildman–Crippen LogP) is 6.72. The van der Waals surface area contributed by atoms with Crippen molar-refractivity contribution in [1.82, 2.24) is 14.7 Å². The summed E-state index contributed by atoms with van der Waals surface area (Å²) in [6.07, 6.45) is 5.72. The monoisotopic (exact) mass is 783 g/mol. The number of thiophene rings is 1. The van der Waals surface area contributed by atoms with Crippen molar-refractivity contribution in [2.45, 2.75) is 70.0 Å². The van der Waals surface area contributed by atoms with Crippen LogP contribution in [-0.2, 0) is 41.8 Å². The standard InChI is InChI=1S/C43H47F2N5O5S/c1-48(2)25-38(51)50-31-16-17-32(50)24-49(23-31)22-27-7-6-8-29(19-27)40(52)47-42-39(34-9-4-5-10-37(34)56-42)41(53)46-30-20-35(44)33(36(45)21-30)18-13-26-11-14-28(15-12-26)43(54)55-3/h6-8,11-12,14-15,19-21,31-32H,4-5,9-10,13,16-18,22-25H2,1-3H3,(H,46,53)(H,47,52). The van der Waals surface area contributed by atoms with Crippen molar-refractivity contribution in [2.24, 2.45) is 0 Å². The molecule has 4 aromatic rings. The van der Waals surface area contributed by atoms with Crippen molar-refractivity contribution in [3.63, 3.8) is 0 Å². The molecule has 2 aliphatic heterocycles. The van der Waals surface area contributed by atoms with Crippen LogP contribution in [0.1, 0.15) is 83.9 Å². The van der Waals surface area contributed by atoms with Gasteiger partial charge in [-0.3, -0.25) is 19.3 Å². The molecule has 2 N–H and O–H groups in total. The quantitative estimate of drug-likeness (QED) is 0.154. The molecule has 10 nitrogen and oxygen atoms in total. The van der Waals surface area contributed by atoms with Gasteiger partial charge in [-0.1, -0.05) is 24.3 Å². The van der Waals surface area contributed by atoms with Crippen molar-refractivity contribution >= 4 is 45.7 Å². The average molecular weight is 784 g/mol. The Bertz CT molecular complexity index is 2100. The van der Waals surface area contributed by atoms with Gasteiger partial charge >= 0.3 is 5.97 Å². The first-order chi connectivity index (χ1) is 27.0. The molecule has 2 bridgehead atoms. The summed E-state index contributed by atoms with van der Waals surface area (Å²) < 4.78 is 35.4. The summed E-state index contributed by atoms with van der Waals surface area (Å²) in [7, 11) is 5.12. The number of piperazine rings is 1. The molecule has 3 aromatic carbocycles. The van der Waals surface area contributed by atoms with Gasteiger partial charge in [0, 0.05) is 53.4 Å². The number of anilines is 2. The molecule has 3 heterocycles. The number of ether oxygens (including phenoxy) is 1. The highest BCUT2D eigenvalue weighted by atomic mass is 32.1. The smallest absolute Gasteiger partial charge is 0.337 e. The van der Waals surface area contributed by atoms with Gasteiger partial charge < -0.3 is 25.2 Å². The summed E-state index contributed by atoms with van der Waals surface area (Å²) in [4.78, 5) is 59.6. The SMILES string of the molecule is COC(=O)c1ccc(CCc2c(F)cc(NC(=O)c3c(NC(=O)c4cccc(CN5CC6CCC(C5)N6C(=O)CN(C)C)c4)sc4c3CCCC4)cc2F)cc1. The number of esters is 1. The van der Waals surface area contributed by atoms with Crippen LogP contribution < -0.4 is 10.6 Å². The number of likely N-dealkylation sites (tertiary alicyclic amines) is 1. The van der Waals surface area contributed by atoms with Crippen molar-refractivity contribution in [3.05, 3.63) is 116 Å². The maximum Gasteiger partial charge on any atom is 0.337 e. The van der Waals surface area contributed by atoms with E-state index in [1.807, 2.05) is 37.2 Å². The molecule has 2 fully saturated rings. The number of carbonyl (C=O) groups is 4. The van der Waals surface area contributed by atoms with Gasteiger partial charge in [0.15, 0.2) is 0 Å². The zero-order valence-corrected chi connectivity index (χ0v) is 32.8. The molecule has 1 aromatic heterocycles. The van der Waals surface area contributed by atoms with Crippen LogP contribution in [0.2, 0.25) is 0 Å². The summed E-state index contributed by atoms with van der Waals surface area (Å²) in [5.74, 6) is -2.73. The third-order valence-corrected chi connectivity index (χ3v) is 12.2.